The Hall–Kier alpha value is -5.02. The van der Waals surface area contributed by atoms with E-state index in [1.807, 2.05) is 6.26 Å². The standard InChI is InChI=1S/C30H59N15O6S/c1-17(16-52-4)23(47)42-18(2)24(48)41-15-22(46)43-20(10-7-13-39-29(33)34)26(50)45-21(11-8-14-40-30(35)36)27(51)44-19(25(49)37-3)9-5-6-12-38-28(31)32/h17-21H,5-16H2,1-4H3,(H,37,49)(H,41,48)(H,42,47)(H,43,46)(H,44,51)(H,45,50)(H4,31,32,38)(H4,33,34,39)(H4,35,36,40)/t17?,18-,19+,20+,21+/m0/s1. The van der Waals surface area contributed by atoms with E-state index in [1.165, 1.54) is 25.7 Å². The highest BCUT2D eigenvalue weighted by Gasteiger charge is 2.29. The molecule has 0 aliphatic carbocycles. The van der Waals surface area contributed by atoms with Gasteiger partial charge in [-0.3, -0.25) is 45.0 Å². The van der Waals surface area contributed by atoms with Gasteiger partial charge in [0.05, 0.1) is 6.54 Å². The van der Waals surface area contributed by atoms with Gasteiger partial charge >= 0.3 is 0 Å². The summed E-state index contributed by atoms with van der Waals surface area (Å²) in [7, 11) is 1.42. The fourth-order valence-electron chi connectivity index (χ4n) is 4.59. The molecule has 0 saturated heterocycles. The Kier molecular flexibility index (Phi) is 24.2. The topological polar surface area (TPSA) is 360 Å². The van der Waals surface area contributed by atoms with E-state index in [4.69, 9.17) is 33.4 Å². The summed E-state index contributed by atoms with van der Waals surface area (Å²) in [6, 6.07) is -4.21. The van der Waals surface area contributed by atoms with E-state index in [1.54, 1.807) is 6.92 Å². The number of nitrogens with one attached hydrogen (secondary N) is 12. The summed E-state index contributed by atoms with van der Waals surface area (Å²) >= 11 is 1.49. The summed E-state index contributed by atoms with van der Waals surface area (Å²) in [5, 5.41) is 45.3. The highest BCUT2D eigenvalue weighted by molar-refractivity contribution is 7.98. The zero-order chi connectivity index (χ0) is 39.6. The molecule has 0 saturated carbocycles. The van der Waals surface area contributed by atoms with Crippen LogP contribution >= 0.6 is 11.8 Å². The van der Waals surface area contributed by atoms with E-state index in [2.05, 4.69) is 47.9 Å². The van der Waals surface area contributed by atoms with Crippen LogP contribution in [0.15, 0.2) is 0 Å². The van der Waals surface area contributed by atoms with Crippen LogP contribution in [0.4, 0.5) is 0 Å². The second-order valence-electron chi connectivity index (χ2n) is 12.0. The number of carbonyl (C=O) groups is 6. The van der Waals surface area contributed by atoms with Crippen LogP contribution in [0.25, 0.3) is 0 Å². The number of likely N-dealkylation sites (N-methyl/N-ethyl adjacent to an activating group) is 1. The first-order valence-corrected chi connectivity index (χ1v) is 18.3. The van der Waals surface area contributed by atoms with Gasteiger partial charge in [0.15, 0.2) is 17.9 Å². The average Bonchev–Trinajstić information content (AvgIpc) is 3.08. The Morgan fingerprint density at radius 3 is 1.48 bits per heavy atom. The van der Waals surface area contributed by atoms with Gasteiger partial charge in [0.2, 0.25) is 35.4 Å². The molecular weight excluding hydrogens is 698 g/mol. The van der Waals surface area contributed by atoms with Crippen LogP contribution in [0, 0.1) is 22.1 Å². The van der Waals surface area contributed by atoms with Gasteiger partial charge in [-0.05, 0) is 58.1 Å². The largest absolute Gasteiger partial charge is 0.370 e. The van der Waals surface area contributed by atoms with E-state index < -0.39 is 60.2 Å². The number of carbonyl (C=O) groups excluding carboxylic acids is 6. The maximum absolute atomic E-state index is 13.6. The zero-order valence-corrected chi connectivity index (χ0v) is 31.3. The van der Waals surface area contributed by atoms with Gasteiger partial charge in [-0.25, -0.2) is 0 Å². The Bertz CT molecular complexity index is 1220. The minimum absolute atomic E-state index is 0.0565. The van der Waals surface area contributed by atoms with Crippen molar-refractivity contribution in [1.29, 1.82) is 16.2 Å². The zero-order valence-electron chi connectivity index (χ0n) is 30.5. The normalized spacial score (nSPS) is 13.4. The maximum Gasteiger partial charge on any atom is 0.243 e. The lowest BCUT2D eigenvalue weighted by atomic mass is 10.0. The highest BCUT2D eigenvalue weighted by Crippen LogP contribution is 2.07. The molecule has 22 heteroatoms. The van der Waals surface area contributed by atoms with Crippen LogP contribution in [0.3, 0.4) is 0 Å². The summed E-state index contributed by atoms with van der Waals surface area (Å²) in [4.78, 5) is 77.6. The van der Waals surface area contributed by atoms with E-state index in [0.29, 0.717) is 25.1 Å². The number of rotatable bonds is 26. The summed E-state index contributed by atoms with van der Waals surface area (Å²) in [6.07, 6.45) is 3.87. The van der Waals surface area contributed by atoms with Crippen molar-refractivity contribution in [1.82, 2.24) is 47.9 Å². The van der Waals surface area contributed by atoms with E-state index in [-0.39, 0.29) is 74.9 Å². The lowest BCUT2D eigenvalue weighted by molar-refractivity contribution is -0.134. The molecule has 0 aliphatic rings. The number of guanidine groups is 3. The van der Waals surface area contributed by atoms with Gasteiger partial charge in [0.25, 0.3) is 0 Å². The number of thioether (sulfide) groups is 1. The molecule has 0 rings (SSSR count). The molecule has 0 aromatic heterocycles. The summed E-state index contributed by atoms with van der Waals surface area (Å²) in [5.74, 6) is -3.97. The van der Waals surface area contributed by atoms with Crippen LogP contribution in [-0.4, -0.2) is 123 Å². The fourth-order valence-corrected chi connectivity index (χ4v) is 5.24. The smallest absolute Gasteiger partial charge is 0.243 e. The van der Waals surface area contributed by atoms with Crippen molar-refractivity contribution < 1.29 is 28.8 Å². The molecule has 5 atom stereocenters. The predicted molar refractivity (Wildman–Crippen MR) is 200 cm³/mol. The molecule has 0 aliphatic heterocycles. The van der Waals surface area contributed by atoms with Crippen LogP contribution in [-0.2, 0) is 28.8 Å². The third-order valence-corrected chi connectivity index (χ3v) is 8.24. The van der Waals surface area contributed by atoms with Gasteiger partial charge in [0, 0.05) is 38.4 Å². The Morgan fingerprint density at radius 2 is 1.02 bits per heavy atom. The van der Waals surface area contributed by atoms with Crippen molar-refractivity contribution in [3.05, 3.63) is 0 Å². The lowest BCUT2D eigenvalue weighted by Gasteiger charge is -2.25. The number of hydrogen-bond donors (Lipinski definition) is 15. The first-order valence-electron chi connectivity index (χ1n) is 16.9. The average molecular weight is 758 g/mol. The molecule has 296 valence electrons. The Morgan fingerprint density at radius 1 is 0.577 bits per heavy atom. The summed E-state index contributed by atoms with van der Waals surface area (Å²) in [5.41, 5.74) is 16.0. The number of unbranched alkanes of at least 4 members (excludes halogenated alkanes) is 1. The van der Waals surface area contributed by atoms with Crippen molar-refractivity contribution in [2.24, 2.45) is 23.1 Å². The summed E-state index contributed by atoms with van der Waals surface area (Å²) < 4.78 is 0. The molecule has 1 unspecified atom stereocenters. The van der Waals surface area contributed by atoms with Crippen molar-refractivity contribution in [3.63, 3.8) is 0 Å². The van der Waals surface area contributed by atoms with Gasteiger partial charge < -0.3 is 65.1 Å². The van der Waals surface area contributed by atoms with Crippen LogP contribution < -0.4 is 65.1 Å². The third kappa shape index (κ3) is 21.9. The molecule has 21 nitrogen and oxygen atoms in total. The van der Waals surface area contributed by atoms with Gasteiger partial charge in [-0.15, -0.1) is 0 Å². The number of hydrogen-bond acceptors (Lipinski definition) is 10. The molecule has 0 fully saturated rings. The van der Waals surface area contributed by atoms with E-state index >= 15 is 0 Å². The van der Waals surface area contributed by atoms with Gasteiger partial charge in [-0.2, -0.15) is 11.8 Å². The van der Waals surface area contributed by atoms with Crippen LogP contribution in [0.5, 0.6) is 0 Å². The van der Waals surface area contributed by atoms with Crippen molar-refractivity contribution in [2.75, 3.05) is 45.2 Å². The molecule has 0 spiro atoms. The molecule has 0 bridgehead atoms. The quantitative estimate of drug-likeness (QED) is 0.0227. The summed E-state index contributed by atoms with van der Waals surface area (Å²) in [6.45, 7) is 3.52. The SMILES string of the molecule is CNC(=O)[C@@H](CCCCNC(=N)N)NC(=O)[C@@H](CCCNC(=N)N)NC(=O)[C@@H](CCCNC(=N)N)NC(=O)CNC(=O)[C@H](C)NC(=O)C(C)CSC. The molecule has 0 aromatic carbocycles. The minimum Gasteiger partial charge on any atom is -0.370 e. The molecule has 0 heterocycles. The third-order valence-electron chi connectivity index (χ3n) is 7.41. The van der Waals surface area contributed by atoms with Crippen LogP contribution in [0.1, 0.15) is 58.8 Å². The highest BCUT2D eigenvalue weighted by atomic mass is 32.2. The molecule has 18 N–H and O–H groups in total. The monoisotopic (exact) mass is 757 g/mol. The van der Waals surface area contributed by atoms with E-state index in [0.717, 1.165) is 0 Å². The van der Waals surface area contributed by atoms with Gasteiger partial charge in [0.1, 0.15) is 24.2 Å². The van der Waals surface area contributed by atoms with Gasteiger partial charge in [-0.1, -0.05) is 6.92 Å². The van der Waals surface area contributed by atoms with Crippen LogP contribution in [0.2, 0.25) is 0 Å². The molecule has 6 amide bonds. The minimum atomic E-state index is -1.18. The molecule has 0 radical (unpaired) electrons. The molecule has 52 heavy (non-hydrogen) atoms. The number of nitrogens with two attached hydrogens (primary N) is 3. The second kappa shape index (κ2) is 26.7. The lowest BCUT2D eigenvalue weighted by Crippen LogP contribution is -2.57. The van der Waals surface area contributed by atoms with E-state index in [9.17, 15) is 28.8 Å². The first kappa shape index (κ1) is 47.0. The fraction of sp³-hybridized carbons (Fsp3) is 0.700. The second-order valence-corrected chi connectivity index (χ2v) is 12.9. The molecule has 0 aromatic rings. The van der Waals surface area contributed by atoms with Crippen molar-refractivity contribution >= 4 is 65.1 Å². The first-order chi connectivity index (χ1) is 24.5. The predicted octanol–water partition coefficient (Wildman–Crippen LogP) is -4.01. The Labute approximate surface area is 308 Å². The Balaban J connectivity index is 5.79. The maximum atomic E-state index is 13.6. The van der Waals surface area contributed by atoms with Crippen molar-refractivity contribution in [3.8, 4) is 0 Å². The molecular formula is C30H59N15O6S. The van der Waals surface area contributed by atoms with Crippen molar-refractivity contribution in [2.45, 2.75) is 83.0 Å². The number of amides is 6.